The van der Waals surface area contributed by atoms with Crippen molar-refractivity contribution in [1.29, 1.82) is 0 Å². The van der Waals surface area contributed by atoms with E-state index in [1.807, 2.05) is 30.3 Å². The molecule has 14 heavy (non-hydrogen) atoms. The molecule has 1 fully saturated rings. The van der Waals surface area contributed by atoms with Crippen LogP contribution in [0.5, 0.6) is 0 Å². The fraction of sp³-hybridized carbons (Fsp3) is 0.364. The summed E-state index contributed by atoms with van der Waals surface area (Å²) in [6.07, 6.45) is 1.25. The summed E-state index contributed by atoms with van der Waals surface area (Å²) >= 11 is 5.30. The van der Waals surface area contributed by atoms with Crippen LogP contribution in [0.1, 0.15) is 13.3 Å². The van der Waals surface area contributed by atoms with E-state index in [1.54, 1.807) is 0 Å². The van der Waals surface area contributed by atoms with Crippen molar-refractivity contribution in [2.24, 2.45) is 0 Å². The van der Waals surface area contributed by atoms with E-state index in [-0.39, 0.29) is 0 Å². The Hall–Kier alpha value is -1.09. The van der Waals surface area contributed by atoms with Gasteiger partial charge in [0, 0.05) is 18.3 Å². The first kappa shape index (κ1) is 9.46. The van der Waals surface area contributed by atoms with Crippen LogP contribution in [-0.2, 0) is 0 Å². The van der Waals surface area contributed by atoms with Crippen molar-refractivity contribution in [2.75, 3.05) is 11.9 Å². The van der Waals surface area contributed by atoms with Crippen LogP contribution in [0.15, 0.2) is 30.3 Å². The first-order chi connectivity index (χ1) is 6.77. The summed E-state index contributed by atoms with van der Waals surface area (Å²) < 4.78 is 0. The van der Waals surface area contributed by atoms with Gasteiger partial charge in [-0.2, -0.15) is 0 Å². The molecule has 1 aliphatic heterocycles. The maximum atomic E-state index is 5.30. The monoisotopic (exact) mass is 206 g/mol. The van der Waals surface area contributed by atoms with E-state index in [4.69, 9.17) is 12.2 Å². The highest BCUT2D eigenvalue weighted by molar-refractivity contribution is 7.80. The highest BCUT2D eigenvalue weighted by atomic mass is 32.1. The predicted molar refractivity (Wildman–Crippen MR) is 63.4 cm³/mol. The lowest BCUT2D eigenvalue weighted by Gasteiger charge is -2.40. The number of hydrogen-bond donors (Lipinski definition) is 1. The molecule has 74 valence electrons. The second-order valence-corrected chi connectivity index (χ2v) is 4.01. The molecule has 0 spiro atoms. The Balaban J connectivity index is 1.95. The third kappa shape index (κ3) is 1.87. The summed E-state index contributed by atoms with van der Waals surface area (Å²) in [4.78, 5) is 2.21. The summed E-state index contributed by atoms with van der Waals surface area (Å²) in [5.74, 6) is 0. The lowest BCUT2D eigenvalue weighted by Crippen LogP contribution is -2.51. The Labute approximate surface area is 89.9 Å². The number of rotatable bonds is 1. The molecule has 0 saturated carbocycles. The SMILES string of the molecule is CC1CCN1C(=S)Nc1ccccc1. The van der Waals surface area contributed by atoms with E-state index in [0.717, 1.165) is 17.3 Å². The van der Waals surface area contributed by atoms with E-state index in [0.29, 0.717) is 6.04 Å². The first-order valence-corrected chi connectivity index (χ1v) is 5.31. The number of nitrogens with zero attached hydrogens (tertiary/aromatic N) is 1. The van der Waals surface area contributed by atoms with Gasteiger partial charge in [0.15, 0.2) is 5.11 Å². The van der Waals surface area contributed by atoms with Gasteiger partial charge in [-0.1, -0.05) is 18.2 Å². The van der Waals surface area contributed by atoms with E-state index in [9.17, 15) is 0 Å². The van der Waals surface area contributed by atoms with Gasteiger partial charge in [-0.15, -0.1) is 0 Å². The second-order valence-electron chi connectivity index (χ2n) is 3.63. The fourth-order valence-corrected chi connectivity index (χ4v) is 1.92. The van der Waals surface area contributed by atoms with Crippen LogP contribution in [0.2, 0.25) is 0 Å². The molecule has 1 aromatic carbocycles. The van der Waals surface area contributed by atoms with Gasteiger partial charge >= 0.3 is 0 Å². The van der Waals surface area contributed by atoms with E-state index >= 15 is 0 Å². The molecule has 1 N–H and O–H groups in total. The van der Waals surface area contributed by atoms with Crippen molar-refractivity contribution < 1.29 is 0 Å². The van der Waals surface area contributed by atoms with E-state index in [1.165, 1.54) is 6.42 Å². The molecule has 3 heteroatoms. The molecule has 0 amide bonds. The maximum absolute atomic E-state index is 5.30. The molecule has 0 radical (unpaired) electrons. The topological polar surface area (TPSA) is 15.3 Å². The first-order valence-electron chi connectivity index (χ1n) is 4.90. The van der Waals surface area contributed by atoms with E-state index < -0.39 is 0 Å². The Morgan fingerprint density at radius 2 is 2.14 bits per heavy atom. The highest BCUT2D eigenvalue weighted by Crippen LogP contribution is 2.18. The zero-order valence-electron chi connectivity index (χ0n) is 8.23. The molecule has 1 heterocycles. The molecule has 2 nitrogen and oxygen atoms in total. The smallest absolute Gasteiger partial charge is 0.173 e. The number of thiocarbonyl (C=S) groups is 1. The van der Waals surface area contributed by atoms with Crippen LogP contribution in [-0.4, -0.2) is 22.6 Å². The van der Waals surface area contributed by atoms with Crippen molar-refractivity contribution >= 4 is 23.0 Å². The number of benzene rings is 1. The molecule has 1 aromatic rings. The minimum absolute atomic E-state index is 0.596. The van der Waals surface area contributed by atoms with Crippen LogP contribution >= 0.6 is 12.2 Å². The normalized spacial score (nSPS) is 20.1. The molecule has 1 unspecified atom stereocenters. The Kier molecular flexibility index (Phi) is 2.68. The third-order valence-electron chi connectivity index (χ3n) is 2.61. The van der Waals surface area contributed by atoms with Gasteiger partial charge in [0.25, 0.3) is 0 Å². The number of nitrogens with one attached hydrogen (secondary N) is 1. The van der Waals surface area contributed by atoms with Crippen molar-refractivity contribution in [3.05, 3.63) is 30.3 Å². The largest absolute Gasteiger partial charge is 0.346 e. The number of para-hydroxylation sites is 1. The van der Waals surface area contributed by atoms with Crippen LogP contribution in [0, 0.1) is 0 Å². The summed E-state index contributed by atoms with van der Waals surface area (Å²) in [6, 6.07) is 10.7. The molecular weight excluding hydrogens is 192 g/mol. The summed E-state index contributed by atoms with van der Waals surface area (Å²) in [7, 11) is 0. The minimum atomic E-state index is 0.596. The van der Waals surface area contributed by atoms with Crippen LogP contribution in [0.25, 0.3) is 0 Å². The molecule has 2 rings (SSSR count). The summed E-state index contributed by atoms with van der Waals surface area (Å²) in [5.41, 5.74) is 1.07. The summed E-state index contributed by atoms with van der Waals surface area (Å²) in [6.45, 7) is 3.28. The second kappa shape index (κ2) is 3.96. The Morgan fingerprint density at radius 1 is 1.43 bits per heavy atom. The van der Waals surface area contributed by atoms with Gasteiger partial charge in [0.1, 0.15) is 0 Å². The van der Waals surface area contributed by atoms with Gasteiger partial charge in [-0.25, -0.2) is 0 Å². The average molecular weight is 206 g/mol. The molecular formula is C11H14N2S. The Bertz CT molecular complexity index is 323. The highest BCUT2D eigenvalue weighted by Gasteiger charge is 2.25. The minimum Gasteiger partial charge on any atom is -0.346 e. The van der Waals surface area contributed by atoms with Crippen LogP contribution < -0.4 is 5.32 Å². The molecule has 0 aromatic heterocycles. The number of hydrogen-bond acceptors (Lipinski definition) is 1. The standard InChI is InChI=1S/C11H14N2S/c1-9-7-8-13(9)11(14)12-10-5-3-2-4-6-10/h2-6,9H,7-8H2,1H3,(H,12,14). The average Bonchev–Trinajstić information content (AvgIpc) is 2.17. The number of anilines is 1. The molecule has 0 aliphatic carbocycles. The van der Waals surface area contributed by atoms with Crippen molar-refractivity contribution in [3.8, 4) is 0 Å². The van der Waals surface area contributed by atoms with E-state index in [2.05, 4.69) is 17.1 Å². The van der Waals surface area contributed by atoms with Crippen molar-refractivity contribution in [3.63, 3.8) is 0 Å². The molecule has 1 aliphatic rings. The third-order valence-corrected chi connectivity index (χ3v) is 2.94. The number of likely N-dealkylation sites (tertiary alicyclic amines) is 1. The van der Waals surface area contributed by atoms with Crippen molar-refractivity contribution in [2.45, 2.75) is 19.4 Å². The quantitative estimate of drug-likeness (QED) is 0.711. The van der Waals surface area contributed by atoms with Crippen molar-refractivity contribution in [1.82, 2.24) is 4.90 Å². The van der Waals surface area contributed by atoms with Crippen LogP contribution in [0.4, 0.5) is 5.69 Å². The van der Waals surface area contributed by atoms with Gasteiger partial charge < -0.3 is 10.2 Å². The maximum Gasteiger partial charge on any atom is 0.173 e. The Morgan fingerprint density at radius 3 is 2.64 bits per heavy atom. The summed E-state index contributed by atoms with van der Waals surface area (Å²) in [5, 5.41) is 4.07. The van der Waals surface area contributed by atoms with Gasteiger partial charge in [-0.3, -0.25) is 0 Å². The van der Waals surface area contributed by atoms with Gasteiger partial charge in [0.05, 0.1) is 0 Å². The lowest BCUT2D eigenvalue weighted by molar-refractivity contribution is 0.207. The molecule has 1 atom stereocenters. The zero-order valence-corrected chi connectivity index (χ0v) is 9.05. The molecule has 1 saturated heterocycles. The fourth-order valence-electron chi connectivity index (χ4n) is 1.53. The lowest BCUT2D eigenvalue weighted by atomic mass is 10.1. The van der Waals surface area contributed by atoms with Crippen LogP contribution in [0.3, 0.4) is 0 Å². The zero-order chi connectivity index (χ0) is 9.97. The van der Waals surface area contributed by atoms with Gasteiger partial charge in [-0.05, 0) is 37.7 Å². The van der Waals surface area contributed by atoms with Gasteiger partial charge in [0.2, 0.25) is 0 Å². The predicted octanol–water partition coefficient (Wildman–Crippen LogP) is 2.48. The molecule has 0 bridgehead atoms.